The van der Waals surface area contributed by atoms with Crippen molar-refractivity contribution in [1.82, 2.24) is 0 Å². The Morgan fingerprint density at radius 3 is 1.86 bits per heavy atom. The number of aromatic carboxylic acids is 1. The number of hydrogen-bond acceptors (Lipinski definition) is 6. The maximum atomic E-state index is 12.9. The van der Waals surface area contributed by atoms with E-state index in [1.165, 1.54) is 74.1 Å². The summed E-state index contributed by atoms with van der Waals surface area (Å²) in [6.07, 6.45) is 13.9. The minimum atomic E-state index is -1.12. The zero-order valence-corrected chi connectivity index (χ0v) is 42.3. The predicted octanol–water partition coefficient (Wildman–Crippen LogP) is 6.34. The fourth-order valence-electron chi connectivity index (χ4n) is 12.5. The van der Waals surface area contributed by atoms with Crippen molar-refractivity contribution in [2.45, 2.75) is 124 Å². The molecule has 8 heterocycles. The number of carboxylic acid groups (broad SMARTS) is 1. The third-order valence-electron chi connectivity index (χ3n) is 15.4. The number of ether oxygens (including phenoxy) is 1. The number of nitrogens with zero attached hydrogens (tertiary/aromatic N) is 2. The maximum Gasteiger partial charge on any atom is 0.427 e. The number of anilines is 1. The number of carbonyl (C=O) groups excluding carboxylic acids is 2. The molecule has 0 saturated carbocycles. The zero-order valence-electron chi connectivity index (χ0n) is 41.6. The van der Waals surface area contributed by atoms with E-state index in [1.807, 2.05) is 43.3 Å². The van der Waals surface area contributed by atoms with E-state index in [9.17, 15) is 14.7 Å². The molecular weight excluding hydrogens is 908 g/mol. The Balaban J connectivity index is 0.000000163. The van der Waals surface area contributed by atoms with Crippen molar-refractivity contribution in [1.29, 1.82) is 0 Å². The molecule has 3 aromatic carbocycles. The zero-order chi connectivity index (χ0) is 48.2. The SMILES string of the molecule is CCNc1cc2oc3cc(=[NH+]CC)c(C)cc-3c(-c3ccccc3C(=O)OCC)c2cc1C.O=C([O-])c1ccccc1-c1c2cc3[n+]4c(c2[o+]c2c5[n+]6c(cc12)CCCC6CCC5)CCCC4CCC3.[Cl-]. The first kappa shape index (κ1) is 48.0. The van der Waals surface area contributed by atoms with E-state index >= 15 is 0 Å². The van der Waals surface area contributed by atoms with Gasteiger partial charge in [-0.05, 0) is 95.2 Å². The van der Waals surface area contributed by atoms with Crippen LogP contribution in [0, 0.1) is 13.8 Å². The summed E-state index contributed by atoms with van der Waals surface area (Å²) in [6, 6.07) is 29.2. The molecule has 12 rings (SSSR count). The molecule has 0 amide bonds. The molecule has 0 radical (unpaired) electrons. The molecule has 10 nitrogen and oxygen atoms in total. The number of esters is 1. The Morgan fingerprint density at radius 2 is 1.28 bits per heavy atom. The first-order chi connectivity index (χ1) is 34.2. The van der Waals surface area contributed by atoms with Gasteiger partial charge in [-0.2, -0.15) is 13.6 Å². The molecule has 0 spiro atoms. The van der Waals surface area contributed by atoms with Crippen LogP contribution in [-0.4, -0.2) is 31.6 Å². The summed E-state index contributed by atoms with van der Waals surface area (Å²) in [5.41, 5.74) is 16.7. The highest BCUT2D eigenvalue weighted by Gasteiger charge is 2.45. The lowest BCUT2D eigenvalue weighted by atomic mass is 9.86. The summed E-state index contributed by atoms with van der Waals surface area (Å²) < 4.78 is 24.0. The molecule has 5 aliphatic heterocycles. The van der Waals surface area contributed by atoms with E-state index in [1.54, 1.807) is 12.1 Å². The van der Waals surface area contributed by atoms with Crippen LogP contribution >= 0.6 is 0 Å². The lowest BCUT2D eigenvalue weighted by Crippen LogP contribution is -3.00. The van der Waals surface area contributed by atoms with Crippen molar-refractivity contribution in [2.75, 3.05) is 25.0 Å². The number of nitrogens with one attached hydrogen (secondary N) is 2. The quantitative estimate of drug-likeness (QED) is 0.0790. The minimum absolute atomic E-state index is 0. The van der Waals surface area contributed by atoms with Gasteiger partial charge >= 0.3 is 17.1 Å². The number of pyridine rings is 2. The number of fused-ring (bicyclic) bond motifs is 6. The van der Waals surface area contributed by atoms with Crippen LogP contribution < -0.4 is 42.3 Å². The highest BCUT2D eigenvalue weighted by molar-refractivity contribution is 6.12. The topological polar surface area (TPSA) is 125 Å². The molecule has 364 valence electrons. The molecular formula is C60H63ClN4O6+2. The first-order valence-electron chi connectivity index (χ1n) is 25.8. The van der Waals surface area contributed by atoms with Crippen LogP contribution in [0.3, 0.4) is 0 Å². The number of aryl methyl sites for hydroxylation is 6. The van der Waals surface area contributed by atoms with Gasteiger partial charge in [-0.1, -0.05) is 42.5 Å². The summed E-state index contributed by atoms with van der Waals surface area (Å²) >= 11 is 0. The molecule has 6 aliphatic rings. The molecule has 11 heteroatoms. The molecule has 0 fully saturated rings. The lowest BCUT2D eigenvalue weighted by molar-refractivity contribution is -0.746. The molecule has 1 aliphatic carbocycles. The largest absolute Gasteiger partial charge is 1.00 e. The first-order valence-corrected chi connectivity index (χ1v) is 25.8. The van der Waals surface area contributed by atoms with Crippen LogP contribution in [0.4, 0.5) is 5.69 Å². The number of aromatic nitrogens is 2. The molecule has 3 aromatic heterocycles. The van der Waals surface area contributed by atoms with Gasteiger partial charge in [-0.15, -0.1) is 0 Å². The molecule has 2 atom stereocenters. The van der Waals surface area contributed by atoms with E-state index in [-0.39, 0.29) is 23.9 Å². The third-order valence-corrected chi connectivity index (χ3v) is 15.4. The van der Waals surface area contributed by atoms with Crippen LogP contribution in [0.5, 0.6) is 0 Å². The summed E-state index contributed by atoms with van der Waals surface area (Å²) in [6.45, 7) is 12.1. The van der Waals surface area contributed by atoms with E-state index in [0.29, 0.717) is 24.3 Å². The fraction of sp³-hybridized carbons (Fsp3) is 0.367. The Hall–Kier alpha value is -6.65. The fourth-order valence-corrected chi connectivity index (χ4v) is 12.5. The van der Waals surface area contributed by atoms with E-state index in [4.69, 9.17) is 13.6 Å². The summed E-state index contributed by atoms with van der Waals surface area (Å²) in [5.74, 6) is -0.679. The number of carbonyl (C=O) groups is 2. The van der Waals surface area contributed by atoms with Gasteiger partial charge in [0.05, 0.1) is 24.2 Å². The van der Waals surface area contributed by atoms with Gasteiger partial charge in [-0.25, -0.2) is 9.79 Å². The lowest BCUT2D eigenvalue weighted by Gasteiger charge is -2.26. The smallest absolute Gasteiger partial charge is 0.427 e. The Bertz CT molecular complexity index is 3380. The van der Waals surface area contributed by atoms with Gasteiger partial charge in [-0.3, -0.25) is 0 Å². The number of rotatable bonds is 8. The molecule has 2 unspecified atom stereocenters. The number of carboxylic acids is 1. The second kappa shape index (κ2) is 19.9. The molecule has 71 heavy (non-hydrogen) atoms. The van der Waals surface area contributed by atoms with Crippen LogP contribution in [0.2, 0.25) is 0 Å². The molecule has 0 saturated heterocycles. The Kier molecular flexibility index (Phi) is 13.4. The monoisotopic (exact) mass is 970 g/mol. The van der Waals surface area contributed by atoms with Gasteiger partial charge < -0.3 is 36.8 Å². The van der Waals surface area contributed by atoms with Crippen molar-refractivity contribution in [3.8, 4) is 33.6 Å². The minimum Gasteiger partial charge on any atom is -1.00 e. The Labute approximate surface area is 421 Å². The summed E-state index contributed by atoms with van der Waals surface area (Å²) in [5, 5.41) is 19.9. The Morgan fingerprint density at radius 1 is 0.704 bits per heavy atom. The van der Waals surface area contributed by atoms with Crippen LogP contribution in [0.1, 0.15) is 139 Å². The van der Waals surface area contributed by atoms with Crippen molar-refractivity contribution in [3.63, 3.8) is 0 Å². The number of hydrogen-bond donors (Lipinski definition) is 2. The second-order valence-corrected chi connectivity index (χ2v) is 19.7. The molecule has 6 aromatic rings. The van der Waals surface area contributed by atoms with Crippen molar-refractivity contribution < 1.29 is 54.8 Å². The van der Waals surface area contributed by atoms with Crippen molar-refractivity contribution in [2.24, 2.45) is 0 Å². The van der Waals surface area contributed by atoms with Gasteiger partial charge in [0.1, 0.15) is 28.7 Å². The average molecular weight is 972 g/mol. The second-order valence-electron chi connectivity index (χ2n) is 19.7. The average Bonchev–Trinajstić information content (AvgIpc) is 3.37. The summed E-state index contributed by atoms with van der Waals surface area (Å²) in [7, 11) is 0. The van der Waals surface area contributed by atoms with Gasteiger partial charge in [0.25, 0.3) is 11.4 Å². The van der Waals surface area contributed by atoms with Gasteiger partial charge in [0.15, 0.2) is 23.5 Å². The standard InChI is InChI=1S/C32H32N2O3.C28H30N2O3.ClH/c35-32(36)24-14-2-1-13-23(24)29-25-17-21-11-3-7-19-9-5-15-27(33(19)21)30(25)37-31-26(29)18-22-12-4-8-20-10-6-16-28(31)34(20)22;1-6-29-23-15-25-21(13-17(23)4)27(19-11-9-10-12-20(19)28(31)32-8-3)22-14-18(5)24(30-7-2)16-26(22)33-25;/h1-2,13-14,17-20H,3-12,15-16H2;9-16,29H,6-8H2,1-5H3;1H/q+2;;. The van der Waals surface area contributed by atoms with Crippen LogP contribution in [0.25, 0.3) is 66.5 Å². The van der Waals surface area contributed by atoms with E-state index < -0.39 is 5.97 Å². The maximum absolute atomic E-state index is 12.9. The normalized spacial score (nSPS) is 17.0. The van der Waals surface area contributed by atoms with Crippen LogP contribution in [0.15, 0.2) is 93.8 Å². The van der Waals surface area contributed by atoms with Crippen LogP contribution in [-0.2, 0) is 30.4 Å². The number of halogens is 1. The summed E-state index contributed by atoms with van der Waals surface area (Å²) in [4.78, 5) is 28.6. The highest BCUT2D eigenvalue weighted by Crippen LogP contribution is 2.45. The van der Waals surface area contributed by atoms with Gasteiger partial charge in [0.2, 0.25) is 5.36 Å². The molecule has 0 bridgehead atoms. The van der Waals surface area contributed by atoms with E-state index in [2.05, 4.69) is 83.5 Å². The molecule has 2 N–H and O–H groups in total. The van der Waals surface area contributed by atoms with Gasteiger partial charge in [0, 0.05) is 115 Å². The van der Waals surface area contributed by atoms with Crippen molar-refractivity contribution in [3.05, 3.63) is 135 Å². The van der Waals surface area contributed by atoms with Crippen molar-refractivity contribution >= 4 is 50.5 Å². The predicted molar refractivity (Wildman–Crippen MR) is 271 cm³/mol. The number of benzene rings is 4. The third kappa shape index (κ3) is 8.41. The highest BCUT2D eigenvalue weighted by atomic mass is 35.5. The van der Waals surface area contributed by atoms with E-state index in [0.717, 1.165) is 127 Å².